The molecule has 29 heavy (non-hydrogen) atoms. The van der Waals surface area contributed by atoms with Crippen LogP contribution in [0.2, 0.25) is 10.0 Å². The maximum atomic E-state index is 12.5. The van der Waals surface area contributed by atoms with Crippen molar-refractivity contribution in [3.05, 3.63) is 82.1 Å². The van der Waals surface area contributed by atoms with Crippen molar-refractivity contribution >= 4 is 29.1 Å². The fourth-order valence-electron chi connectivity index (χ4n) is 3.36. The first kappa shape index (κ1) is 19.7. The topological polar surface area (TPSA) is 42.4 Å². The number of amides is 1. The minimum absolute atomic E-state index is 0.101. The Kier molecular flexibility index (Phi) is 6.02. The SMILES string of the molecule is O=C(c1ccc(-c2cncc(OCc3ccc(Cl)cc3Cl)c2)cc1)N1CCCC1. The molecule has 0 spiro atoms. The average Bonchev–Trinajstić information content (AvgIpc) is 3.28. The third-order valence-electron chi connectivity index (χ3n) is 4.98. The second kappa shape index (κ2) is 8.85. The van der Waals surface area contributed by atoms with Gasteiger partial charge in [-0.2, -0.15) is 0 Å². The van der Waals surface area contributed by atoms with Crippen molar-refractivity contribution < 1.29 is 9.53 Å². The van der Waals surface area contributed by atoms with E-state index < -0.39 is 0 Å². The standard InChI is InChI=1S/C23H20Cl2N2O2/c24-20-8-7-18(22(25)12-20)15-29-21-11-19(13-26-14-21)16-3-5-17(6-4-16)23(28)27-9-1-2-10-27/h3-8,11-14H,1-2,9-10,15H2. The van der Waals surface area contributed by atoms with Crippen LogP contribution in [-0.4, -0.2) is 28.9 Å². The molecule has 0 unspecified atom stereocenters. The molecule has 0 radical (unpaired) electrons. The monoisotopic (exact) mass is 426 g/mol. The smallest absolute Gasteiger partial charge is 0.253 e. The molecule has 0 atom stereocenters. The lowest BCUT2D eigenvalue weighted by Gasteiger charge is -2.15. The molecule has 0 N–H and O–H groups in total. The summed E-state index contributed by atoms with van der Waals surface area (Å²) in [6.07, 6.45) is 5.62. The Labute approximate surface area is 180 Å². The number of aromatic nitrogens is 1. The van der Waals surface area contributed by atoms with Crippen molar-refractivity contribution in [1.29, 1.82) is 0 Å². The second-order valence-corrected chi connectivity index (χ2v) is 7.85. The van der Waals surface area contributed by atoms with Crippen molar-refractivity contribution in [3.8, 4) is 16.9 Å². The van der Waals surface area contributed by atoms with Gasteiger partial charge in [-0.1, -0.05) is 41.4 Å². The number of ether oxygens (including phenoxy) is 1. The summed E-state index contributed by atoms with van der Waals surface area (Å²) in [6, 6.07) is 14.9. The number of benzene rings is 2. The molecule has 1 aliphatic heterocycles. The molecule has 4 nitrogen and oxygen atoms in total. The van der Waals surface area contributed by atoms with Crippen molar-refractivity contribution in [2.75, 3.05) is 13.1 Å². The van der Waals surface area contributed by atoms with Crippen molar-refractivity contribution in [1.82, 2.24) is 9.88 Å². The number of hydrogen-bond donors (Lipinski definition) is 0. The molecular weight excluding hydrogens is 407 g/mol. The molecule has 1 aliphatic rings. The molecule has 1 aromatic heterocycles. The Balaban J connectivity index is 1.46. The lowest BCUT2D eigenvalue weighted by molar-refractivity contribution is 0.0793. The lowest BCUT2D eigenvalue weighted by atomic mass is 10.0. The van der Waals surface area contributed by atoms with Crippen LogP contribution < -0.4 is 4.74 Å². The average molecular weight is 427 g/mol. The molecule has 1 saturated heterocycles. The zero-order valence-corrected chi connectivity index (χ0v) is 17.3. The van der Waals surface area contributed by atoms with Gasteiger partial charge in [0.15, 0.2) is 0 Å². The maximum absolute atomic E-state index is 12.5. The fourth-order valence-corrected chi connectivity index (χ4v) is 3.83. The van der Waals surface area contributed by atoms with Crippen LogP contribution >= 0.6 is 23.2 Å². The number of rotatable bonds is 5. The van der Waals surface area contributed by atoms with Crippen LogP contribution in [0.1, 0.15) is 28.8 Å². The molecule has 0 aliphatic carbocycles. The zero-order chi connectivity index (χ0) is 20.2. The summed E-state index contributed by atoms with van der Waals surface area (Å²) in [4.78, 5) is 18.7. The van der Waals surface area contributed by atoms with Gasteiger partial charge in [0, 0.05) is 46.0 Å². The summed E-state index contributed by atoms with van der Waals surface area (Å²) in [6.45, 7) is 2.02. The number of likely N-dealkylation sites (tertiary alicyclic amines) is 1. The Morgan fingerprint density at radius 1 is 0.966 bits per heavy atom. The molecule has 1 amide bonds. The van der Waals surface area contributed by atoms with Crippen LogP contribution in [0.15, 0.2) is 60.9 Å². The van der Waals surface area contributed by atoms with Gasteiger partial charge in [0.2, 0.25) is 0 Å². The highest BCUT2D eigenvalue weighted by Crippen LogP contribution is 2.26. The van der Waals surface area contributed by atoms with Crippen molar-refractivity contribution in [2.45, 2.75) is 19.4 Å². The number of halogens is 2. The molecule has 1 fully saturated rings. The van der Waals surface area contributed by atoms with Crippen LogP contribution in [0.25, 0.3) is 11.1 Å². The minimum Gasteiger partial charge on any atom is -0.487 e. The molecule has 148 valence electrons. The van der Waals surface area contributed by atoms with Crippen molar-refractivity contribution in [3.63, 3.8) is 0 Å². The van der Waals surface area contributed by atoms with E-state index in [2.05, 4.69) is 4.98 Å². The second-order valence-electron chi connectivity index (χ2n) is 7.01. The van der Waals surface area contributed by atoms with Crippen LogP contribution in [0, 0.1) is 0 Å². The molecule has 0 saturated carbocycles. The van der Waals surface area contributed by atoms with E-state index in [0.717, 1.165) is 42.6 Å². The van der Waals surface area contributed by atoms with Crippen molar-refractivity contribution in [2.24, 2.45) is 0 Å². The van der Waals surface area contributed by atoms with Crippen LogP contribution in [0.3, 0.4) is 0 Å². The van der Waals surface area contributed by atoms with E-state index in [9.17, 15) is 4.79 Å². The number of carbonyl (C=O) groups is 1. The van der Waals surface area contributed by atoms with Gasteiger partial charge in [0.25, 0.3) is 5.91 Å². The predicted molar refractivity (Wildman–Crippen MR) is 116 cm³/mol. The minimum atomic E-state index is 0.101. The van der Waals surface area contributed by atoms with Gasteiger partial charge in [-0.25, -0.2) is 0 Å². The van der Waals surface area contributed by atoms with E-state index in [4.69, 9.17) is 27.9 Å². The first-order chi connectivity index (χ1) is 14.1. The third-order valence-corrected chi connectivity index (χ3v) is 5.57. The molecule has 3 aromatic rings. The van der Waals surface area contributed by atoms with Gasteiger partial charge in [-0.15, -0.1) is 0 Å². The normalized spacial score (nSPS) is 13.5. The molecule has 2 aromatic carbocycles. The van der Waals surface area contributed by atoms with Gasteiger partial charge < -0.3 is 9.64 Å². The van der Waals surface area contributed by atoms with Crippen LogP contribution in [-0.2, 0) is 6.61 Å². The maximum Gasteiger partial charge on any atom is 0.253 e. The zero-order valence-electron chi connectivity index (χ0n) is 15.8. The molecule has 4 rings (SSSR count). The van der Waals surface area contributed by atoms with E-state index >= 15 is 0 Å². The van der Waals surface area contributed by atoms with Gasteiger partial charge in [-0.3, -0.25) is 9.78 Å². The Morgan fingerprint density at radius 3 is 2.45 bits per heavy atom. The van der Waals surface area contributed by atoms with E-state index in [0.29, 0.717) is 28.0 Å². The first-order valence-electron chi connectivity index (χ1n) is 9.52. The Morgan fingerprint density at radius 2 is 1.72 bits per heavy atom. The summed E-state index contributed by atoms with van der Waals surface area (Å²) in [5.41, 5.74) is 3.47. The Bertz CT molecular complexity index is 1020. The van der Waals surface area contributed by atoms with Crippen LogP contribution in [0.4, 0.5) is 0 Å². The number of carbonyl (C=O) groups excluding carboxylic acids is 1. The number of hydrogen-bond acceptors (Lipinski definition) is 3. The third kappa shape index (κ3) is 4.72. The first-order valence-corrected chi connectivity index (χ1v) is 10.3. The van der Waals surface area contributed by atoms with Crippen LogP contribution in [0.5, 0.6) is 5.75 Å². The molecule has 0 bridgehead atoms. The van der Waals surface area contributed by atoms with E-state index in [-0.39, 0.29) is 5.91 Å². The van der Waals surface area contributed by atoms with Gasteiger partial charge in [0.1, 0.15) is 12.4 Å². The predicted octanol–water partition coefficient (Wildman–Crippen LogP) is 5.87. The van der Waals surface area contributed by atoms with E-state index in [1.54, 1.807) is 24.5 Å². The summed E-state index contributed by atoms with van der Waals surface area (Å²) >= 11 is 12.1. The highest BCUT2D eigenvalue weighted by Gasteiger charge is 2.19. The fraction of sp³-hybridized carbons (Fsp3) is 0.217. The summed E-state index contributed by atoms with van der Waals surface area (Å²) in [5, 5.41) is 1.16. The Hall–Kier alpha value is -2.56. The number of pyridine rings is 1. The summed E-state index contributed by atoms with van der Waals surface area (Å²) in [5.74, 6) is 0.745. The quantitative estimate of drug-likeness (QED) is 0.512. The largest absolute Gasteiger partial charge is 0.487 e. The van der Waals surface area contributed by atoms with Gasteiger partial charge in [-0.05, 0) is 48.7 Å². The molecular formula is C23H20Cl2N2O2. The van der Waals surface area contributed by atoms with Gasteiger partial charge >= 0.3 is 0 Å². The lowest BCUT2D eigenvalue weighted by Crippen LogP contribution is -2.27. The summed E-state index contributed by atoms with van der Waals surface area (Å²) < 4.78 is 5.85. The molecule has 6 heteroatoms. The van der Waals surface area contributed by atoms with Gasteiger partial charge in [0.05, 0.1) is 6.20 Å². The summed E-state index contributed by atoms with van der Waals surface area (Å²) in [7, 11) is 0. The molecule has 2 heterocycles. The van der Waals surface area contributed by atoms with E-state index in [1.165, 1.54) is 0 Å². The van der Waals surface area contributed by atoms with E-state index in [1.807, 2.05) is 41.3 Å². The highest BCUT2D eigenvalue weighted by atomic mass is 35.5. The highest BCUT2D eigenvalue weighted by molar-refractivity contribution is 6.35. The number of nitrogens with zero attached hydrogens (tertiary/aromatic N) is 2.